The van der Waals surface area contributed by atoms with Crippen molar-refractivity contribution in [3.05, 3.63) is 41.4 Å². The summed E-state index contributed by atoms with van der Waals surface area (Å²) in [6.45, 7) is 0. The van der Waals surface area contributed by atoms with Crippen LogP contribution in [0.3, 0.4) is 0 Å². The fraction of sp³-hybridized carbons (Fsp3) is 0.0833. The first-order valence-corrected chi connectivity index (χ1v) is 5.96. The van der Waals surface area contributed by atoms with Crippen LogP contribution in [-0.2, 0) is 0 Å². The Balaban J connectivity index is 2.44. The number of hydrogen-bond acceptors (Lipinski definition) is 2. The van der Waals surface area contributed by atoms with Gasteiger partial charge in [0, 0.05) is 17.0 Å². The number of alkyl halides is 3. The molecule has 0 bridgehead atoms. The highest BCUT2D eigenvalue weighted by atomic mass is 32.1. The first kappa shape index (κ1) is 11.3. The third kappa shape index (κ3) is 1.45. The molecule has 2 heterocycles. The van der Waals surface area contributed by atoms with Gasteiger partial charge in [-0.3, -0.25) is 4.79 Å². The van der Waals surface area contributed by atoms with Crippen LogP contribution in [0.2, 0.25) is 0 Å². The summed E-state index contributed by atoms with van der Waals surface area (Å²) in [6.07, 6.45) is -3.19. The minimum absolute atomic E-state index is 0.256. The Labute approximate surface area is 103 Å². The summed E-state index contributed by atoms with van der Waals surface area (Å²) in [6, 6.07) is 6.59. The summed E-state index contributed by atoms with van der Waals surface area (Å²) in [5, 5.41) is 2.00. The van der Waals surface area contributed by atoms with Crippen LogP contribution < -0.4 is 0 Å². The lowest BCUT2D eigenvalue weighted by molar-refractivity contribution is -0.0883. The van der Waals surface area contributed by atoms with Gasteiger partial charge in [-0.05, 0) is 6.07 Å². The second kappa shape index (κ2) is 3.58. The molecule has 6 heteroatoms. The molecule has 0 saturated carbocycles. The quantitative estimate of drug-likeness (QED) is 0.614. The molecule has 0 fully saturated rings. The fourth-order valence-corrected chi connectivity index (χ4v) is 2.93. The average Bonchev–Trinajstić information content (AvgIpc) is 2.86. The summed E-state index contributed by atoms with van der Waals surface area (Å²) in [4.78, 5) is 11.9. The number of fused-ring (bicyclic) bond motifs is 3. The highest BCUT2D eigenvalue weighted by molar-refractivity contribution is 7.16. The van der Waals surface area contributed by atoms with Gasteiger partial charge in [0.1, 0.15) is 4.83 Å². The van der Waals surface area contributed by atoms with Crippen LogP contribution in [0.15, 0.2) is 35.8 Å². The Hall–Kier alpha value is -1.82. The van der Waals surface area contributed by atoms with Crippen molar-refractivity contribution in [2.75, 3.05) is 0 Å². The van der Waals surface area contributed by atoms with Crippen molar-refractivity contribution in [1.29, 1.82) is 0 Å². The lowest BCUT2D eigenvalue weighted by atomic mass is 10.1. The van der Waals surface area contributed by atoms with E-state index in [0.717, 1.165) is 11.3 Å². The molecule has 0 radical (unpaired) electrons. The maximum absolute atomic E-state index is 12.6. The monoisotopic (exact) mass is 269 g/mol. The Morgan fingerprint density at radius 2 is 1.94 bits per heavy atom. The van der Waals surface area contributed by atoms with Crippen molar-refractivity contribution < 1.29 is 18.0 Å². The summed E-state index contributed by atoms with van der Waals surface area (Å²) in [5.74, 6) is -1.79. The van der Waals surface area contributed by atoms with Gasteiger partial charge in [-0.1, -0.05) is 18.2 Å². The number of hydrogen-bond donors (Lipinski definition) is 0. The van der Waals surface area contributed by atoms with Crippen molar-refractivity contribution in [3.8, 4) is 0 Å². The average molecular weight is 269 g/mol. The van der Waals surface area contributed by atoms with Crippen LogP contribution >= 0.6 is 11.3 Å². The number of benzene rings is 1. The highest BCUT2D eigenvalue weighted by Crippen LogP contribution is 2.34. The van der Waals surface area contributed by atoms with Crippen LogP contribution in [0.25, 0.3) is 15.7 Å². The zero-order chi connectivity index (χ0) is 12.9. The zero-order valence-corrected chi connectivity index (χ0v) is 9.68. The molecule has 0 amide bonds. The van der Waals surface area contributed by atoms with E-state index in [1.165, 1.54) is 6.07 Å². The number of carbonyl (C=O) groups excluding carboxylic acids is 1. The molecule has 3 rings (SSSR count). The molecule has 18 heavy (non-hydrogen) atoms. The molecule has 0 saturated heterocycles. The van der Waals surface area contributed by atoms with Gasteiger partial charge in [0.2, 0.25) is 0 Å². The fourth-order valence-electron chi connectivity index (χ4n) is 2.02. The lowest BCUT2D eigenvalue weighted by Crippen LogP contribution is -2.22. The molecule has 3 aromatic rings. The first-order chi connectivity index (χ1) is 8.50. The molecule has 2 aromatic heterocycles. The van der Waals surface area contributed by atoms with Gasteiger partial charge < -0.3 is 4.40 Å². The number of carbonyl (C=O) groups is 1. The molecule has 0 unspecified atom stereocenters. The topological polar surface area (TPSA) is 21.5 Å². The van der Waals surface area contributed by atoms with Crippen molar-refractivity contribution in [2.45, 2.75) is 6.18 Å². The molecule has 1 aromatic carbocycles. The van der Waals surface area contributed by atoms with E-state index in [-0.39, 0.29) is 5.56 Å². The lowest BCUT2D eigenvalue weighted by Gasteiger charge is -2.03. The number of thiazole rings is 1. The number of Topliss-reactive ketones (excluding diaryl/α,β-unsaturated/α-hetero) is 1. The number of para-hydroxylation sites is 1. The largest absolute Gasteiger partial charge is 0.455 e. The summed E-state index contributed by atoms with van der Waals surface area (Å²) < 4.78 is 39.5. The van der Waals surface area contributed by atoms with Crippen LogP contribution in [0.5, 0.6) is 0 Å². The number of rotatable bonds is 1. The predicted molar refractivity (Wildman–Crippen MR) is 63.2 cm³/mol. The van der Waals surface area contributed by atoms with Gasteiger partial charge in [0.05, 0.1) is 11.1 Å². The van der Waals surface area contributed by atoms with Crippen molar-refractivity contribution in [1.82, 2.24) is 4.40 Å². The summed E-state index contributed by atoms with van der Waals surface area (Å²) in [5.41, 5.74) is 0.356. The zero-order valence-electron chi connectivity index (χ0n) is 8.86. The van der Waals surface area contributed by atoms with Crippen LogP contribution in [-0.4, -0.2) is 16.4 Å². The maximum atomic E-state index is 12.6. The van der Waals surface area contributed by atoms with Gasteiger partial charge in [-0.25, -0.2) is 0 Å². The molecule has 0 aliphatic heterocycles. The van der Waals surface area contributed by atoms with Gasteiger partial charge in [-0.2, -0.15) is 13.2 Å². The first-order valence-electron chi connectivity index (χ1n) is 5.08. The molecule has 2 nitrogen and oxygen atoms in total. The van der Waals surface area contributed by atoms with E-state index in [1.54, 1.807) is 34.2 Å². The van der Waals surface area contributed by atoms with E-state index >= 15 is 0 Å². The van der Waals surface area contributed by atoms with E-state index in [0.29, 0.717) is 15.7 Å². The van der Waals surface area contributed by atoms with E-state index in [9.17, 15) is 18.0 Å². The number of aromatic nitrogens is 1. The molecular weight excluding hydrogens is 263 g/mol. The van der Waals surface area contributed by atoms with Crippen molar-refractivity contribution in [2.24, 2.45) is 0 Å². The smallest absolute Gasteiger partial charge is 0.307 e. The minimum atomic E-state index is -4.85. The molecule has 92 valence electrons. The van der Waals surface area contributed by atoms with Gasteiger partial charge in [-0.15, -0.1) is 11.3 Å². The molecule has 0 aliphatic rings. The van der Waals surface area contributed by atoms with Gasteiger partial charge >= 0.3 is 6.18 Å². The minimum Gasteiger partial charge on any atom is -0.307 e. The summed E-state index contributed by atoms with van der Waals surface area (Å²) >= 11 is 1.13. The van der Waals surface area contributed by atoms with E-state index in [4.69, 9.17) is 0 Å². The maximum Gasteiger partial charge on any atom is 0.455 e. The molecule has 0 N–H and O–H groups in total. The molecular formula is C12H6F3NOS. The number of ketones is 1. The van der Waals surface area contributed by atoms with Gasteiger partial charge in [0.25, 0.3) is 5.78 Å². The Morgan fingerprint density at radius 1 is 1.22 bits per heavy atom. The Bertz CT molecular complexity index is 753. The second-order valence-corrected chi connectivity index (χ2v) is 4.69. The summed E-state index contributed by atoms with van der Waals surface area (Å²) in [7, 11) is 0. The molecule has 0 spiro atoms. The molecule has 0 aliphatic carbocycles. The van der Waals surface area contributed by atoms with Crippen molar-refractivity contribution >= 4 is 32.9 Å². The standard InChI is InChI=1S/C12H6F3NOS/c13-12(14,15)10(17)9-7-3-1-2-4-8(7)16-5-6-18-11(9)16/h1-6H. The molecule has 0 atom stereocenters. The van der Waals surface area contributed by atoms with E-state index in [2.05, 4.69) is 0 Å². The Morgan fingerprint density at radius 3 is 2.67 bits per heavy atom. The number of nitrogens with zero attached hydrogens (tertiary/aromatic N) is 1. The third-order valence-electron chi connectivity index (χ3n) is 2.74. The van der Waals surface area contributed by atoms with E-state index in [1.807, 2.05) is 0 Å². The SMILES string of the molecule is O=C(c1c2ccccc2n2ccsc12)C(F)(F)F. The van der Waals surface area contributed by atoms with Crippen LogP contribution in [0, 0.1) is 0 Å². The Kier molecular flexibility index (Phi) is 2.25. The van der Waals surface area contributed by atoms with E-state index < -0.39 is 12.0 Å². The predicted octanol–water partition coefficient (Wildman–Crippen LogP) is 3.90. The highest BCUT2D eigenvalue weighted by Gasteiger charge is 2.41. The van der Waals surface area contributed by atoms with Gasteiger partial charge in [0.15, 0.2) is 0 Å². The third-order valence-corrected chi connectivity index (χ3v) is 3.62. The number of halogens is 3. The second-order valence-electron chi connectivity index (χ2n) is 3.80. The normalized spacial score (nSPS) is 12.4. The van der Waals surface area contributed by atoms with Crippen molar-refractivity contribution in [3.63, 3.8) is 0 Å². The van der Waals surface area contributed by atoms with Crippen LogP contribution in [0.1, 0.15) is 10.4 Å². The van der Waals surface area contributed by atoms with Crippen LogP contribution in [0.4, 0.5) is 13.2 Å².